The van der Waals surface area contributed by atoms with Crippen LogP contribution in [-0.4, -0.2) is 45.6 Å². The van der Waals surface area contributed by atoms with Gasteiger partial charge in [0.2, 0.25) is 0 Å². The van der Waals surface area contributed by atoms with Gasteiger partial charge >= 0.3 is 42.0 Å². The average Bonchev–Trinajstić information content (AvgIpc) is 2.30. The standard InChI is InChI=1S/C8F17I/c9-1(5(14,15)16,6(17,18)19)3(11,12)4(13,26)2(10,7(20,21)22)8(23,24)25. The summed E-state index contributed by atoms with van der Waals surface area (Å²) in [6.07, 6.45) is -31.7. The second-order valence-electron chi connectivity index (χ2n) is 4.46. The SMILES string of the molecule is FC(F)(F)C(F)(C(F)(F)F)C(F)(F)C(F)(I)C(F)(C(F)(F)F)C(F)(F)F. The lowest BCUT2D eigenvalue weighted by atomic mass is 9.83. The normalized spacial score (nSPS) is 18.7. The van der Waals surface area contributed by atoms with E-state index >= 15 is 0 Å². The minimum absolute atomic E-state index is 1.62. The summed E-state index contributed by atoms with van der Waals surface area (Å²) in [5.41, 5.74) is -16.3. The zero-order valence-electron chi connectivity index (χ0n) is 10.8. The Morgan fingerprint density at radius 3 is 0.692 bits per heavy atom. The molecule has 0 aliphatic rings. The van der Waals surface area contributed by atoms with Gasteiger partial charge in [-0.3, -0.25) is 0 Å². The van der Waals surface area contributed by atoms with Crippen molar-refractivity contribution in [2.24, 2.45) is 0 Å². The molecular weight excluding hydrogens is 546 g/mol. The quantitative estimate of drug-likeness (QED) is 0.219. The van der Waals surface area contributed by atoms with Crippen molar-refractivity contribution in [3.05, 3.63) is 0 Å². The molecule has 0 radical (unpaired) electrons. The van der Waals surface area contributed by atoms with Gasteiger partial charge in [0, 0.05) is 0 Å². The van der Waals surface area contributed by atoms with Gasteiger partial charge in [0.25, 0.3) is 3.68 Å². The molecule has 0 aromatic heterocycles. The summed E-state index contributed by atoms with van der Waals surface area (Å²) < 4.78 is 206. The molecule has 0 amide bonds. The highest BCUT2D eigenvalue weighted by Crippen LogP contribution is 2.67. The minimum Gasteiger partial charge on any atom is -0.221 e. The molecule has 0 aromatic rings. The third kappa shape index (κ3) is 3.06. The number of hydrogen-bond acceptors (Lipinski definition) is 0. The van der Waals surface area contributed by atoms with Crippen molar-refractivity contribution in [2.45, 2.75) is 45.6 Å². The van der Waals surface area contributed by atoms with Gasteiger partial charge in [-0.05, 0) is 22.6 Å². The van der Waals surface area contributed by atoms with Crippen LogP contribution in [0.15, 0.2) is 0 Å². The van der Waals surface area contributed by atoms with E-state index in [0.717, 1.165) is 0 Å². The average molecular weight is 546 g/mol. The van der Waals surface area contributed by atoms with E-state index in [1.54, 1.807) is 0 Å². The zero-order valence-corrected chi connectivity index (χ0v) is 13.0. The van der Waals surface area contributed by atoms with Gasteiger partial charge in [0.1, 0.15) is 0 Å². The Kier molecular flexibility index (Phi) is 5.91. The maximum atomic E-state index is 13.6. The Labute approximate surface area is 143 Å². The fourth-order valence-electron chi connectivity index (χ4n) is 1.47. The molecule has 0 spiro atoms. The summed E-state index contributed by atoms with van der Waals surface area (Å²) in [5.74, 6) is -8.29. The van der Waals surface area contributed by atoms with E-state index in [2.05, 4.69) is 0 Å². The zero-order chi connectivity index (χ0) is 22.0. The number of rotatable bonds is 3. The molecule has 1 unspecified atom stereocenters. The lowest BCUT2D eigenvalue weighted by Crippen LogP contribution is -2.78. The largest absolute Gasteiger partial charge is 0.437 e. The van der Waals surface area contributed by atoms with Crippen molar-refractivity contribution >= 4 is 22.6 Å². The first kappa shape index (κ1) is 25.5. The first-order valence-electron chi connectivity index (χ1n) is 5.15. The van der Waals surface area contributed by atoms with Crippen LogP contribution in [-0.2, 0) is 0 Å². The van der Waals surface area contributed by atoms with Crippen LogP contribution in [0.1, 0.15) is 0 Å². The molecule has 0 N–H and O–H groups in total. The van der Waals surface area contributed by atoms with Gasteiger partial charge in [-0.15, -0.1) is 0 Å². The van der Waals surface area contributed by atoms with Crippen molar-refractivity contribution in [1.82, 2.24) is 0 Å². The van der Waals surface area contributed by atoms with Crippen LogP contribution < -0.4 is 0 Å². The van der Waals surface area contributed by atoms with Gasteiger partial charge in [-0.25, -0.2) is 13.2 Å². The van der Waals surface area contributed by atoms with Crippen LogP contribution in [0.3, 0.4) is 0 Å². The topological polar surface area (TPSA) is 0 Å². The summed E-state index contributed by atoms with van der Waals surface area (Å²) >= 11 is -1.62. The van der Waals surface area contributed by atoms with Crippen molar-refractivity contribution in [2.75, 3.05) is 0 Å². The van der Waals surface area contributed by atoms with Crippen molar-refractivity contribution in [3.63, 3.8) is 0 Å². The number of alkyl halides is 18. The first-order valence-corrected chi connectivity index (χ1v) is 6.23. The van der Waals surface area contributed by atoms with Crippen molar-refractivity contribution < 1.29 is 74.6 Å². The molecule has 1 atom stereocenters. The van der Waals surface area contributed by atoms with E-state index in [1.807, 2.05) is 0 Å². The van der Waals surface area contributed by atoms with Crippen molar-refractivity contribution in [1.29, 1.82) is 0 Å². The van der Waals surface area contributed by atoms with E-state index in [0.29, 0.717) is 0 Å². The van der Waals surface area contributed by atoms with Gasteiger partial charge in [-0.2, -0.15) is 61.5 Å². The van der Waals surface area contributed by atoms with E-state index in [-0.39, 0.29) is 0 Å². The van der Waals surface area contributed by atoms with Crippen LogP contribution in [0, 0.1) is 0 Å². The van der Waals surface area contributed by atoms with Gasteiger partial charge in [0.15, 0.2) is 0 Å². The summed E-state index contributed by atoms with van der Waals surface area (Å²) in [5, 5.41) is 0. The summed E-state index contributed by atoms with van der Waals surface area (Å²) in [6, 6.07) is 0. The first-order chi connectivity index (χ1) is 10.8. The Hall–Kier alpha value is -0.460. The Balaban J connectivity index is 7.12. The van der Waals surface area contributed by atoms with E-state index in [4.69, 9.17) is 0 Å². The van der Waals surface area contributed by atoms with Crippen LogP contribution in [0.5, 0.6) is 0 Å². The molecule has 0 heterocycles. The predicted molar refractivity (Wildman–Crippen MR) is 54.7 cm³/mol. The Morgan fingerprint density at radius 2 is 0.538 bits per heavy atom. The molecule has 158 valence electrons. The van der Waals surface area contributed by atoms with Gasteiger partial charge < -0.3 is 0 Å². The highest BCUT2D eigenvalue weighted by molar-refractivity contribution is 14.1. The number of hydrogen-bond donors (Lipinski definition) is 0. The molecule has 0 aliphatic heterocycles. The van der Waals surface area contributed by atoms with Crippen LogP contribution in [0.2, 0.25) is 0 Å². The molecule has 0 aromatic carbocycles. The van der Waals surface area contributed by atoms with E-state index < -0.39 is 68.2 Å². The Morgan fingerprint density at radius 1 is 0.346 bits per heavy atom. The minimum atomic E-state index is -8.31. The molecule has 0 nitrogen and oxygen atoms in total. The predicted octanol–water partition coefficient (Wildman–Crippen LogP) is 6.39. The highest BCUT2D eigenvalue weighted by Gasteiger charge is 2.97. The molecule has 0 aliphatic carbocycles. The Bertz CT molecular complexity index is 439. The lowest BCUT2D eigenvalue weighted by Gasteiger charge is -2.46. The summed E-state index contributed by atoms with van der Waals surface area (Å²) in [6.45, 7) is 0. The van der Waals surface area contributed by atoms with Crippen LogP contribution in [0.25, 0.3) is 0 Å². The summed E-state index contributed by atoms with van der Waals surface area (Å²) in [4.78, 5) is 0. The fraction of sp³-hybridized carbons (Fsp3) is 1.00. The summed E-state index contributed by atoms with van der Waals surface area (Å²) in [7, 11) is 0. The maximum absolute atomic E-state index is 13.6. The van der Waals surface area contributed by atoms with Crippen LogP contribution in [0.4, 0.5) is 74.6 Å². The molecule has 18 heteroatoms. The third-order valence-electron chi connectivity index (χ3n) is 2.82. The lowest BCUT2D eigenvalue weighted by molar-refractivity contribution is -0.436. The van der Waals surface area contributed by atoms with E-state index in [9.17, 15) is 74.6 Å². The molecule has 0 saturated heterocycles. The fourth-order valence-corrected chi connectivity index (χ4v) is 2.45. The van der Waals surface area contributed by atoms with Gasteiger partial charge in [0.05, 0.1) is 0 Å². The van der Waals surface area contributed by atoms with E-state index in [1.165, 1.54) is 0 Å². The van der Waals surface area contributed by atoms with Gasteiger partial charge in [-0.1, -0.05) is 0 Å². The highest BCUT2D eigenvalue weighted by atomic mass is 127. The molecule has 26 heavy (non-hydrogen) atoms. The molecule has 0 bridgehead atoms. The monoisotopic (exact) mass is 546 g/mol. The second kappa shape index (κ2) is 6.02. The molecular formula is C8F17I. The third-order valence-corrected chi connectivity index (χ3v) is 4.24. The molecule has 0 rings (SSSR count). The van der Waals surface area contributed by atoms with Crippen LogP contribution >= 0.6 is 22.6 Å². The maximum Gasteiger partial charge on any atom is 0.437 e. The second-order valence-corrected chi connectivity index (χ2v) is 5.94. The number of halogens is 18. The van der Waals surface area contributed by atoms with Crippen molar-refractivity contribution in [3.8, 4) is 0 Å². The molecule has 0 saturated carbocycles. The smallest absolute Gasteiger partial charge is 0.221 e. The molecule has 0 fully saturated rings.